The summed E-state index contributed by atoms with van der Waals surface area (Å²) in [5.41, 5.74) is 4.38. The summed E-state index contributed by atoms with van der Waals surface area (Å²) in [6, 6.07) is 25.0. The highest BCUT2D eigenvalue weighted by Crippen LogP contribution is 2.24. The summed E-state index contributed by atoms with van der Waals surface area (Å²) in [7, 11) is 0. The molecule has 0 aromatic heterocycles. The first-order valence-electron chi connectivity index (χ1n) is 10.6. The van der Waals surface area contributed by atoms with Crippen LogP contribution in [-0.4, -0.2) is 24.0 Å². The van der Waals surface area contributed by atoms with Gasteiger partial charge in [0.2, 0.25) is 0 Å². The van der Waals surface area contributed by atoms with Gasteiger partial charge < -0.3 is 10.1 Å². The first kappa shape index (κ1) is 23.8. The van der Waals surface area contributed by atoms with Crippen LogP contribution in [0.4, 0.5) is 5.69 Å². The summed E-state index contributed by atoms with van der Waals surface area (Å²) in [5, 5.41) is 8.22. The van der Waals surface area contributed by atoms with Crippen molar-refractivity contribution in [3.8, 4) is 5.75 Å². The number of rotatable bonds is 5. The number of ether oxygens (including phenoxy) is 1. The summed E-state index contributed by atoms with van der Waals surface area (Å²) < 4.78 is 6.27. The predicted molar refractivity (Wildman–Crippen MR) is 139 cm³/mol. The highest BCUT2D eigenvalue weighted by molar-refractivity contribution is 9.10. The number of anilines is 1. The van der Waals surface area contributed by atoms with Gasteiger partial charge in [-0.3, -0.25) is 9.59 Å². The Morgan fingerprint density at radius 3 is 2.46 bits per heavy atom. The molecule has 0 aliphatic rings. The standard InChI is InChI=1S/C27H20BrN3O4/c1-17-7-2-4-10-21(17)27(34)35-24-14-13-20(28)15-19(24)16-29-31-26(33)25(32)30-23-12-6-9-18-8-3-5-11-22(18)23/h2-16H,1H3,(H,30,32)(H,31,33)/b29-16-. The molecular formula is C27H20BrN3O4. The van der Waals surface area contributed by atoms with Gasteiger partial charge in [0.05, 0.1) is 11.8 Å². The number of nitrogens with one attached hydrogen (secondary N) is 2. The van der Waals surface area contributed by atoms with Gasteiger partial charge >= 0.3 is 17.8 Å². The molecule has 0 saturated heterocycles. The van der Waals surface area contributed by atoms with Crippen molar-refractivity contribution < 1.29 is 19.1 Å². The fourth-order valence-corrected chi connectivity index (χ4v) is 3.77. The lowest BCUT2D eigenvalue weighted by atomic mass is 10.1. The number of hydrogen-bond acceptors (Lipinski definition) is 5. The van der Waals surface area contributed by atoms with E-state index in [2.05, 4.69) is 31.8 Å². The SMILES string of the molecule is Cc1ccccc1C(=O)Oc1ccc(Br)cc1/C=N\NC(=O)C(=O)Nc1cccc2ccccc12. The monoisotopic (exact) mass is 529 g/mol. The minimum absolute atomic E-state index is 0.250. The van der Waals surface area contributed by atoms with Crippen LogP contribution in [0.15, 0.2) is 94.5 Å². The maximum Gasteiger partial charge on any atom is 0.343 e. The molecule has 35 heavy (non-hydrogen) atoms. The lowest BCUT2D eigenvalue weighted by molar-refractivity contribution is -0.136. The average molecular weight is 530 g/mol. The molecule has 0 aliphatic carbocycles. The molecule has 0 unspecified atom stereocenters. The highest BCUT2D eigenvalue weighted by Gasteiger charge is 2.16. The van der Waals surface area contributed by atoms with Gasteiger partial charge in [0, 0.05) is 21.1 Å². The Balaban J connectivity index is 1.44. The lowest BCUT2D eigenvalue weighted by Crippen LogP contribution is -2.32. The molecule has 8 heteroatoms. The summed E-state index contributed by atoms with van der Waals surface area (Å²) >= 11 is 3.37. The minimum atomic E-state index is -0.942. The number of fused-ring (bicyclic) bond motifs is 1. The van der Waals surface area contributed by atoms with Crippen molar-refractivity contribution in [2.45, 2.75) is 6.92 Å². The molecule has 0 heterocycles. The molecule has 0 spiro atoms. The van der Waals surface area contributed by atoms with E-state index in [-0.39, 0.29) is 5.75 Å². The van der Waals surface area contributed by atoms with Crippen molar-refractivity contribution in [3.63, 3.8) is 0 Å². The Labute approximate surface area is 209 Å². The Morgan fingerprint density at radius 2 is 1.63 bits per heavy atom. The molecule has 0 saturated carbocycles. The summed E-state index contributed by atoms with van der Waals surface area (Å²) in [6.45, 7) is 1.82. The second-order valence-electron chi connectivity index (χ2n) is 7.57. The number of hydrogen-bond donors (Lipinski definition) is 2. The van der Waals surface area contributed by atoms with Gasteiger partial charge in [0.1, 0.15) is 5.75 Å². The Morgan fingerprint density at radius 1 is 0.886 bits per heavy atom. The van der Waals surface area contributed by atoms with Crippen molar-refractivity contribution in [2.75, 3.05) is 5.32 Å². The fraction of sp³-hybridized carbons (Fsp3) is 0.0370. The van der Waals surface area contributed by atoms with E-state index in [0.717, 1.165) is 20.8 Å². The predicted octanol–water partition coefficient (Wildman–Crippen LogP) is 5.22. The normalized spacial score (nSPS) is 10.8. The number of aryl methyl sites for hydroxylation is 1. The fourth-order valence-electron chi connectivity index (χ4n) is 3.39. The number of hydrazone groups is 1. The zero-order chi connectivity index (χ0) is 24.8. The van der Waals surface area contributed by atoms with Crippen LogP contribution in [0.5, 0.6) is 5.75 Å². The summed E-state index contributed by atoms with van der Waals surface area (Å²) in [5.74, 6) is -2.07. The average Bonchev–Trinajstić information content (AvgIpc) is 2.86. The molecular weight excluding hydrogens is 510 g/mol. The van der Waals surface area contributed by atoms with Crippen LogP contribution in [0.25, 0.3) is 10.8 Å². The van der Waals surface area contributed by atoms with Gasteiger partial charge in [-0.1, -0.05) is 70.5 Å². The molecule has 4 aromatic carbocycles. The third kappa shape index (κ3) is 5.80. The van der Waals surface area contributed by atoms with Gasteiger partial charge in [0.25, 0.3) is 0 Å². The number of benzene rings is 4. The van der Waals surface area contributed by atoms with Crippen molar-refractivity contribution in [2.24, 2.45) is 5.10 Å². The minimum Gasteiger partial charge on any atom is -0.422 e. The van der Waals surface area contributed by atoms with Gasteiger partial charge in [0.15, 0.2) is 0 Å². The summed E-state index contributed by atoms with van der Waals surface area (Å²) in [6.07, 6.45) is 1.30. The largest absolute Gasteiger partial charge is 0.422 e. The van der Waals surface area contributed by atoms with Crippen LogP contribution in [0.1, 0.15) is 21.5 Å². The van der Waals surface area contributed by atoms with Crippen molar-refractivity contribution >= 4 is 56.4 Å². The molecule has 0 bridgehead atoms. The summed E-state index contributed by atoms with van der Waals surface area (Å²) in [4.78, 5) is 37.3. The zero-order valence-electron chi connectivity index (χ0n) is 18.6. The van der Waals surface area contributed by atoms with Crippen LogP contribution in [0.3, 0.4) is 0 Å². The molecule has 174 valence electrons. The Hall–Kier alpha value is -4.30. The third-order valence-electron chi connectivity index (χ3n) is 5.15. The molecule has 2 N–H and O–H groups in total. The molecule has 0 atom stereocenters. The first-order valence-corrected chi connectivity index (χ1v) is 11.4. The van der Waals surface area contributed by atoms with Crippen LogP contribution >= 0.6 is 15.9 Å². The van der Waals surface area contributed by atoms with Crippen LogP contribution < -0.4 is 15.5 Å². The highest BCUT2D eigenvalue weighted by atomic mass is 79.9. The van der Waals surface area contributed by atoms with Gasteiger partial charge in [-0.05, 0) is 48.2 Å². The topological polar surface area (TPSA) is 96.9 Å². The number of carbonyl (C=O) groups is 3. The van der Waals surface area contributed by atoms with Gasteiger partial charge in [-0.25, -0.2) is 10.2 Å². The quantitative estimate of drug-likeness (QED) is 0.122. The maximum atomic E-state index is 12.6. The van der Waals surface area contributed by atoms with Crippen LogP contribution in [0.2, 0.25) is 0 Å². The first-order chi connectivity index (χ1) is 16.9. The number of esters is 1. The van der Waals surface area contributed by atoms with Crippen LogP contribution in [0, 0.1) is 6.92 Å². The molecule has 0 aliphatic heterocycles. The van der Waals surface area contributed by atoms with E-state index in [1.54, 1.807) is 42.5 Å². The van der Waals surface area contributed by atoms with E-state index < -0.39 is 17.8 Å². The number of halogens is 1. The third-order valence-corrected chi connectivity index (χ3v) is 5.65. The van der Waals surface area contributed by atoms with E-state index in [9.17, 15) is 14.4 Å². The second kappa shape index (κ2) is 10.8. The van der Waals surface area contributed by atoms with E-state index in [1.165, 1.54) is 6.21 Å². The van der Waals surface area contributed by atoms with Crippen molar-refractivity contribution in [3.05, 3.63) is 106 Å². The Bertz CT molecular complexity index is 1460. The molecule has 4 aromatic rings. The zero-order valence-corrected chi connectivity index (χ0v) is 20.2. The van der Waals surface area contributed by atoms with E-state index in [4.69, 9.17) is 4.74 Å². The smallest absolute Gasteiger partial charge is 0.343 e. The number of nitrogens with zero attached hydrogens (tertiary/aromatic N) is 1. The van der Waals surface area contributed by atoms with Gasteiger partial charge in [-0.2, -0.15) is 5.10 Å². The van der Waals surface area contributed by atoms with E-state index in [0.29, 0.717) is 16.8 Å². The molecule has 7 nitrogen and oxygen atoms in total. The van der Waals surface area contributed by atoms with Crippen LogP contribution in [-0.2, 0) is 9.59 Å². The van der Waals surface area contributed by atoms with E-state index >= 15 is 0 Å². The molecule has 0 radical (unpaired) electrons. The van der Waals surface area contributed by atoms with E-state index in [1.807, 2.05) is 49.4 Å². The lowest BCUT2D eigenvalue weighted by Gasteiger charge is -2.09. The maximum absolute atomic E-state index is 12.6. The molecule has 0 fully saturated rings. The van der Waals surface area contributed by atoms with Crippen molar-refractivity contribution in [1.82, 2.24) is 5.43 Å². The number of carbonyl (C=O) groups excluding carboxylic acids is 3. The Kier molecular flexibility index (Phi) is 7.32. The molecule has 2 amide bonds. The molecule has 4 rings (SSSR count). The number of amides is 2. The van der Waals surface area contributed by atoms with Gasteiger partial charge in [-0.15, -0.1) is 0 Å². The van der Waals surface area contributed by atoms with Crippen molar-refractivity contribution in [1.29, 1.82) is 0 Å². The second-order valence-corrected chi connectivity index (χ2v) is 8.48.